The largest absolute Gasteiger partial charge is 0.383 e. The monoisotopic (exact) mass is 257 g/mol. The van der Waals surface area contributed by atoms with E-state index in [1.807, 2.05) is 4.90 Å². The van der Waals surface area contributed by atoms with E-state index in [9.17, 15) is 4.79 Å². The van der Waals surface area contributed by atoms with E-state index in [-0.39, 0.29) is 5.91 Å². The Bertz CT molecular complexity index is 244. The first kappa shape index (κ1) is 15.4. The number of hydrogen-bond donors (Lipinski definition) is 1. The van der Waals surface area contributed by atoms with Gasteiger partial charge in [-0.05, 0) is 19.5 Å². The quantitative estimate of drug-likeness (QED) is 0.629. The molecule has 0 bridgehead atoms. The number of methoxy groups -OCH3 is 1. The summed E-state index contributed by atoms with van der Waals surface area (Å²) in [5, 5.41) is 3.11. The highest BCUT2D eigenvalue weighted by Gasteiger charge is 2.28. The standard InChI is InChI=1S/C13H27N3O2/c1-4-15(5-2)12-6-8-16(11-12)13(17)10-14-7-9-18-3/h12,14H,4-11H2,1-3H3. The molecule has 1 atom stereocenters. The number of hydrogen-bond acceptors (Lipinski definition) is 4. The Labute approximate surface area is 110 Å². The van der Waals surface area contributed by atoms with Gasteiger partial charge in [0, 0.05) is 32.8 Å². The van der Waals surface area contributed by atoms with Crippen LogP contribution in [0.2, 0.25) is 0 Å². The van der Waals surface area contributed by atoms with E-state index >= 15 is 0 Å². The van der Waals surface area contributed by atoms with Crippen LogP contribution in [0, 0.1) is 0 Å². The molecule has 0 saturated carbocycles. The summed E-state index contributed by atoms with van der Waals surface area (Å²) in [6.45, 7) is 10.1. The Morgan fingerprint density at radius 2 is 2.17 bits per heavy atom. The molecule has 1 amide bonds. The summed E-state index contributed by atoms with van der Waals surface area (Å²) in [7, 11) is 1.67. The first-order chi connectivity index (χ1) is 8.72. The van der Waals surface area contributed by atoms with Crippen molar-refractivity contribution in [2.24, 2.45) is 0 Å². The van der Waals surface area contributed by atoms with Crippen LogP contribution in [0.15, 0.2) is 0 Å². The van der Waals surface area contributed by atoms with Crippen molar-refractivity contribution in [3.8, 4) is 0 Å². The first-order valence-corrected chi connectivity index (χ1v) is 6.94. The zero-order chi connectivity index (χ0) is 13.4. The zero-order valence-corrected chi connectivity index (χ0v) is 11.9. The fourth-order valence-corrected chi connectivity index (χ4v) is 2.49. The molecule has 0 radical (unpaired) electrons. The summed E-state index contributed by atoms with van der Waals surface area (Å²) in [5.41, 5.74) is 0. The van der Waals surface area contributed by atoms with E-state index in [1.54, 1.807) is 7.11 Å². The minimum Gasteiger partial charge on any atom is -0.383 e. The number of carbonyl (C=O) groups excluding carboxylic acids is 1. The van der Waals surface area contributed by atoms with Crippen molar-refractivity contribution in [2.75, 3.05) is 53.0 Å². The summed E-state index contributed by atoms with van der Waals surface area (Å²) >= 11 is 0. The van der Waals surface area contributed by atoms with Gasteiger partial charge in [0.2, 0.25) is 5.91 Å². The molecule has 0 spiro atoms. The first-order valence-electron chi connectivity index (χ1n) is 6.94. The molecule has 0 aromatic rings. The van der Waals surface area contributed by atoms with E-state index in [4.69, 9.17) is 4.74 Å². The van der Waals surface area contributed by atoms with Gasteiger partial charge in [-0.2, -0.15) is 0 Å². The number of ether oxygens (including phenoxy) is 1. The van der Waals surface area contributed by atoms with Crippen molar-refractivity contribution >= 4 is 5.91 Å². The van der Waals surface area contributed by atoms with Crippen molar-refractivity contribution < 1.29 is 9.53 Å². The molecule has 106 valence electrons. The Balaban J connectivity index is 2.25. The highest BCUT2D eigenvalue weighted by molar-refractivity contribution is 5.78. The van der Waals surface area contributed by atoms with E-state index in [0.29, 0.717) is 19.2 Å². The molecular formula is C13H27N3O2. The van der Waals surface area contributed by atoms with Gasteiger partial charge in [0.25, 0.3) is 0 Å². The molecule has 1 N–H and O–H groups in total. The summed E-state index contributed by atoms with van der Waals surface area (Å²) in [5.74, 6) is 0.209. The third-order valence-electron chi connectivity index (χ3n) is 3.60. The lowest BCUT2D eigenvalue weighted by Gasteiger charge is -2.26. The summed E-state index contributed by atoms with van der Waals surface area (Å²) in [4.78, 5) is 16.4. The van der Waals surface area contributed by atoms with Gasteiger partial charge in [-0.3, -0.25) is 9.69 Å². The van der Waals surface area contributed by atoms with Crippen LogP contribution in [-0.2, 0) is 9.53 Å². The molecular weight excluding hydrogens is 230 g/mol. The second-order valence-electron chi connectivity index (χ2n) is 4.67. The molecule has 0 aromatic carbocycles. The Morgan fingerprint density at radius 3 is 2.78 bits per heavy atom. The molecule has 18 heavy (non-hydrogen) atoms. The van der Waals surface area contributed by atoms with E-state index in [0.717, 1.165) is 39.1 Å². The Kier molecular flexibility index (Phi) is 7.23. The van der Waals surface area contributed by atoms with Gasteiger partial charge in [0.15, 0.2) is 0 Å². The smallest absolute Gasteiger partial charge is 0.236 e. The second kappa shape index (κ2) is 8.45. The molecule has 1 rings (SSSR count). The van der Waals surface area contributed by atoms with Crippen molar-refractivity contribution in [2.45, 2.75) is 26.3 Å². The molecule has 0 aromatic heterocycles. The van der Waals surface area contributed by atoms with Gasteiger partial charge < -0.3 is 15.0 Å². The van der Waals surface area contributed by atoms with Crippen molar-refractivity contribution in [1.29, 1.82) is 0 Å². The average Bonchev–Trinajstić information content (AvgIpc) is 2.86. The topological polar surface area (TPSA) is 44.8 Å². The van der Waals surface area contributed by atoms with Crippen LogP contribution in [0.4, 0.5) is 0 Å². The van der Waals surface area contributed by atoms with Gasteiger partial charge in [-0.1, -0.05) is 13.8 Å². The number of carbonyl (C=O) groups is 1. The minimum absolute atomic E-state index is 0.209. The lowest BCUT2D eigenvalue weighted by Crippen LogP contribution is -2.41. The van der Waals surface area contributed by atoms with Gasteiger partial charge in [-0.15, -0.1) is 0 Å². The molecule has 0 aliphatic carbocycles. The molecule has 1 aliphatic heterocycles. The molecule has 1 aliphatic rings. The van der Waals surface area contributed by atoms with Crippen molar-refractivity contribution in [3.63, 3.8) is 0 Å². The molecule has 1 unspecified atom stereocenters. The minimum atomic E-state index is 0.209. The summed E-state index contributed by atoms with van der Waals surface area (Å²) in [6, 6.07) is 0.544. The number of rotatable bonds is 8. The second-order valence-corrected chi connectivity index (χ2v) is 4.67. The predicted molar refractivity (Wildman–Crippen MR) is 72.7 cm³/mol. The lowest BCUT2D eigenvalue weighted by molar-refractivity contribution is -0.129. The van der Waals surface area contributed by atoms with Crippen molar-refractivity contribution in [3.05, 3.63) is 0 Å². The van der Waals surface area contributed by atoms with Crippen LogP contribution >= 0.6 is 0 Å². The fraction of sp³-hybridized carbons (Fsp3) is 0.923. The summed E-state index contributed by atoms with van der Waals surface area (Å²) < 4.78 is 4.93. The third-order valence-corrected chi connectivity index (χ3v) is 3.60. The van der Waals surface area contributed by atoms with Gasteiger partial charge in [0.1, 0.15) is 0 Å². The summed E-state index contributed by atoms with van der Waals surface area (Å²) in [6.07, 6.45) is 1.10. The number of likely N-dealkylation sites (N-methyl/N-ethyl adjacent to an activating group) is 1. The predicted octanol–water partition coefficient (Wildman–Crippen LogP) is 0.165. The highest BCUT2D eigenvalue weighted by atomic mass is 16.5. The number of nitrogens with zero attached hydrogens (tertiary/aromatic N) is 2. The maximum Gasteiger partial charge on any atom is 0.236 e. The zero-order valence-electron chi connectivity index (χ0n) is 11.9. The fourth-order valence-electron chi connectivity index (χ4n) is 2.49. The molecule has 1 heterocycles. The van der Waals surface area contributed by atoms with Crippen LogP contribution in [-0.4, -0.2) is 74.7 Å². The molecule has 5 heteroatoms. The van der Waals surface area contributed by atoms with Crippen LogP contribution in [0.5, 0.6) is 0 Å². The van der Waals surface area contributed by atoms with Crippen LogP contribution < -0.4 is 5.32 Å². The number of nitrogens with one attached hydrogen (secondary N) is 1. The van der Waals surface area contributed by atoms with E-state index in [2.05, 4.69) is 24.1 Å². The van der Waals surface area contributed by atoms with E-state index < -0.39 is 0 Å². The van der Waals surface area contributed by atoms with E-state index in [1.165, 1.54) is 0 Å². The van der Waals surface area contributed by atoms with Gasteiger partial charge >= 0.3 is 0 Å². The SMILES string of the molecule is CCN(CC)C1CCN(C(=O)CNCCOC)C1. The molecule has 5 nitrogen and oxygen atoms in total. The Morgan fingerprint density at radius 1 is 1.44 bits per heavy atom. The average molecular weight is 257 g/mol. The van der Waals surface area contributed by atoms with Gasteiger partial charge in [-0.25, -0.2) is 0 Å². The molecule has 1 fully saturated rings. The lowest BCUT2D eigenvalue weighted by atomic mass is 10.2. The van der Waals surface area contributed by atoms with Gasteiger partial charge in [0.05, 0.1) is 13.2 Å². The van der Waals surface area contributed by atoms with Crippen LogP contribution in [0.25, 0.3) is 0 Å². The van der Waals surface area contributed by atoms with Crippen LogP contribution in [0.3, 0.4) is 0 Å². The maximum absolute atomic E-state index is 12.0. The third kappa shape index (κ3) is 4.55. The highest BCUT2D eigenvalue weighted by Crippen LogP contribution is 2.15. The number of likely N-dealkylation sites (tertiary alicyclic amines) is 1. The van der Waals surface area contributed by atoms with Crippen molar-refractivity contribution in [1.82, 2.24) is 15.1 Å². The normalized spacial score (nSPS) is 19.8. The van der Waals surface area contributed by atoms with Crippen LogP contribution in [0.1, 0.15) is 20.3 Å². The number of amides is 1. The Hall–Kier alpha value is -0.650. The maximum atomic E-state index is 12.0. The molecule has 1 saturated heterocycles.